The molecule has 54 valence electrons. The van der Waals surface area contributed by atoms with E-state index in [1.807, 2.05) is 0 Å². The highest BCUT2D eigenvalue weighted by Crippen LogP contribution is 2.30. The van der Waals surface area contributed by atoms with Gasteiger partial charge in [-0.05, 0) is 31.9 Å². The third-order valence-corrected chi connectivity index (χ3v) is 2.98. The summed E-state index contributed by atoms with van der Waals surface area (Å²) in [6.07, 6.45) is 1.50. The molecule has 0 amide bonds. The third kappa shape index (κ3) is 1.24. The van der Waals surface area contributed by atoms with E-state index in [9.17, 15) is 0 Å². The van der Waals surface area contributed by atoms with E-state index in [1.54, 1.807) is 0 Å². The zero-order valence-corrected chi connectivity index (χ0v) is 8.11. The lowest BCUT2D eigenvalue weighted by atomic mass is 10.4. The summed E-state index contributed by atoms with van der Waals surface area (Å²) in [6.45, 7) is 0. The van der Waals surface area contributed by atoms with Crippen LogP contribution in [-0.4, -0.2) is 4.98 Å². The predicted molar refractivity (Wildman–Crippen MR) is 48.5 cm³/mol. The summed E-state index contributed by atoms with van der Waals surface area (Å²) < 4.78 is 1.37. The van der Waals surface area contributed by atoms with Gasteiger partial charge in [0.25, 0.3) is 0 Å². The van der Waals surface area contributed by atoms with Crippen molar-refractivity contribution in [3.05, 3.63) is 15.3 Å². The zero-order valence-electron chi connectivity index (χ0n) is 4.94. The number of hydrogen-bond donors (Lipinski definition) is 2. The summed E-state index contributed by atoms with van der Waals surface area (Å²) in [7, 11) is 0. The predicted octanol–water partition coefficient (Wildman–Crippen LogP) is 1.77. The Labute approximate surface area is 75.1 Å². The first-order valence-electron chi connectivity index (χ1n) is 2.48. The van der Waals surface area contributed by atoms with Gasteiger partial charge in [0.2, 0.25) is 0 Å². The molecule has 1 heterocycles. The van der Waals surface area contributed by atoms with Crippen LogP contribution in [-0.2, 0) is 0 Å². The second kappa shape index (κ2) is 2.75. The summed E-state index contributed by atoms with van der Waals surface area (Å²) in [6, 6.07) is 0. The number of anilines is 2. The number of pyridine rings is 1. The van der Waals surface area contributed by atoms with Gasteiger partial charge in [-0.25, -0.2) is 4.98 Å². The van der Waals surface area contributed by atoms with Crippen molar-refractivity contribution in [3.63, 3.8) is 0 Å². The lowest BCUT2D eigenvalue weighted by Crippen LogP contribution is -1.97. The smallest absolute Gasteiger partial charge is 0.122 e. The van der Waals surface area contributed by atoms with Crippen LogP contribution in [0.25, 0.3) is 0 Å². The molecule has 0 aliphatic heterocycles. The first-order valence-corrected chi connectivity index (χ1v) is 4.06. The lowest BCUT2D eigenvalue weighted by molar-refractivity contribution is 1.26. The summed E-state index contributed by atoms with van der Waals surface area (Å²) >= 11 is 6.40. The number of rotatable bonds is 0. The van der Waals surface area contributed by atoms with Crippen molar-refractivity contribution in [2.45, 2.75) is 0 Å². The van der Waals surface area contributed by atoms with Crippen molar-refractivity contribution >= 4 is 43.2 Å². The Morgan fingerprint density at radius 2 is 1.90 bits per heavy atom. The molecule has 0 aliphatic rings. The topological polar surface area (TPSA) is 64.9 Å². The standard InChI is InChI=1S/C5H5Br2N3/c6-3-4(9)2(8)1-10-5(3)7/h1H,8H2,(H2,9,10). The second-order valence-corrected chi connectivity index (χ2v) is 3.28. The number of hydrogen-bond acceptors (Lipinski definition) is 3. The second-order valence-electron chi connectivity index (χ2n) is 1.73. The van der Waals surface area contributed by atoms with Crippen LogP contribution in [0.1, 0.15) is 0 Å². The van der Waals surface area contributed by atoms with E-state index >= 15 is 0 Å². The molecule has 0 aromatic carbocycles. The van der Waals surface area contributed by atoms with E-state index < -0.39 is 0 Å². The highest BCUT2D eigenvalue weighted by atomic mass is 79.9. The maximum absolute atomic E-state index is 5.54. The summed E-state index contributed by atoms with van der Waals surface area (Å²) in [4.78, 5) is 3.90. The van der Waals surface area contributed by atoms with Crippen molar-refractivity contribution < 1.29 is 0 Å². The maximum Gasteiger partial charge on any atom is 0.122 e. The quantitative estimate of drug-likeness (QED) is 0.704. The first kappa shape index (κ1) is 7.81. The minimum atomic E-state index is 0.482. The Morgan fingerprint density at radius 3 is 2.40 bits per heavy atom. The minimum Gasteiger partial charge on any atom is -0.396 e. The summed E-state index contributed by atoms with van der Waals surface area (Å²) in [5.41, 5.74) is 12.0. The summed E-state index contributed by atoms with van der Waals surface area (Å²) in [5, 5.41) is 0. The molecule has 3 nitrogen and oxygen atoms in total. The molecule has 0 radical (unpaired) electrons. The van der Waals surface area contributed by atoms with E-state index in [4.69, 9.17) is 11.5 Å². The molecule has 5 heteroatoms. The molecule has 10 heavy (non-hydrogen) atoms. The maximum atomic E-state index is 5.54. The fourth-order valence-corrected chi connectivity index (χ4v) is 1.14. The number of nitrogen functional groups attached to an aromatic ring is 2. The Morgan fingerprint density at radius 1 is 1.30 bits per heavy atom. The van der Waals surface area contributed by atoms with Crippen LogP contribution in [0, 0.1) is 0 Å². The normalized spacial score (nSPS) is 9.80. The van der Waals surface area contributed by atoms with Gasteiger partial charge < -0.3 is 11.5 Å². The molecule has 4 N–H and O–H groups in total. The number of nitrogens with zero attached hydrogens (tertiary/aromatic N) is 1. The highest BCUT2D eigenvalue weighted by Gasteiger charge is 2.03. The van der Waals surface area contributed by atoms with Crippen LogP contribution in [0.3, 0.4) is 0 Å². The molecule has 0 spiro atoms. The highest BCUT2D eigenvalue weighted by molar-refractivity contribution is 9.13. The van der Waals surface area contributed by atoms with Crippen LogP contribution in [0.4, 0.5) is 11.4 Å². The molecule has 0 fully saturated rings. The van der Waals surface area contributed by atoms with Gasteiger partial charge in [-0.3, -0.25) is 0 Å². The molecule has 1 aromatic rings. The Kier molecular flexibility index (Phi) is 2.15. The van der Waals surface area contributed by atoms with Crippen molar-refractivity contribution in [3.8, 4) is 0 Å². The third-order valence-electron chi connectivity index (χ3n) is 1.05. The molecule has 0 saturated carbocycles. The van der Waals surface area contributed by atoms with Crippen molar-refractivity contribution in [2.75, 3.05) is 11.5 Å². The van der Waals surface area contributed by atoms with E-state index in [0.29, 0.717) is 20.5 Å². The molecular formula is C5H5Br2N3. The van der Waals surface area contributed by atoms with Crippen molar-refractivity contribution in [1.29, 1.82) is 0 Å². The molecule has 0 saturated heterocycles. The van der Waals surface area contributed by atoms with Gasteiger partial charge in [-0.2, -0.15) is 0 Å². The Bertz CT molecular complexity index is 234. The van der Waals surface area contributed by atoms with E-state index in [1.165, 1.54) is 6.20 Å². The molecule has 0 unspecified atom stereocenters. The molecule has 1 rings (SSSR count). The van der Waals surface area contributed by atoms with Gasteiger partial charge in [0, 0.05) is 0 Å². The fourth-order valence-electron chi connectivity index (χ4n) is 0.490. The van der Waals surface area contributed by atoms with Crippen LogP contribution in [0.15, 0.2) is 15.3 Å². The van der Waals surface area contributed by atoms with E-state index in [-0.39, 0.29) is 0 Å². The number of halogens is 2. The molecule has 0 bridgehead atoms. The van der Waals surface area contributed by atoms with Gasteiger partial charge in [0.15, 0.2) is 0 Å². The van der Waals surface area contributed by atoms with Crippen LogP contribution in [0.5, 0.6) is 0 Å². The minimum absolute atomic E-state index is 0.482. The van der Waals surface area contributed by atoms with E-state index in [0.717, 1.165) is 0 Å². The zero-order chi connectivity index (χ0) is 7.72. The number of nitrogens with two attached hydrogens (primary N) is 2. The van der Waals surface area contributed by atoms with Crippen molar-refractivity contribution in [1.82, 2.24) is 4.98 Å². The van der Waals surface area contributed by atoms with Gasteiger partial charge in [-0.1, -0.05) is 0 Å². The van der Waals surface area contributed by atoms with Gasteiger partial charge in [-0.15, -0.1) is 0 Å². The molecule has 0 aliphatic carbocycles. The average molecular weight is 267 g/mol. The van der Waals surface area contributed by atoms with Gasteiger partial charge in [0.05, 0.1) is 22.0 Å². The van der Waals surface area contributed by atoms with Gasteiger partial charge >= 0.3 is 0 Å². The van der Waals surface area contributed by atoms with Crippen molar-refractivity contribution in [2.24, 2.45) is 0 Å². The Balaban J connectivity index is 3.34. The van der Waals surface area contributed by atoms with E-state index in [2.05, 4.69) is 36.8 Å². The molecular weight excluding hydrogens is 262 g/mol. The van der Waals surface area contributed by atoms with Crippen LogP contribution >= 0.6 is 31.9 Å². The van der Waals surface area contributed by atoms with Crippen LogP contribution < -0.4 is 11.5 Å². The Hall–Kier alpha value is -0.290. The van der Waals surface area contributed by atoms with Crippen LogP contribution in [0.2, 0.25) is 0 Å². The SMILES string of the molecule is Nc1cnc(Br)c(Br)c1N. The van der Waals surface area contributed by atoms with Gasteiger partial charge in [0.1, 0.15) is 4.60 Å². The fraction of sp³-hybridized carbons (Fsp3) is 0. The molecule has 0 atom stereocenters. The lowest BCUT2D eigenvalue weighted by Gasteiger charge is -2.01. The number of aromatic nitrogens is 1. The largest absolute Gasteiger partial charge is 0.396 e. The summed E-state index contributed by atoms with van der Waals surface area (Å²) in [5.74, 6) is 0. The first-order chi connectivity index (χ1) is 4.63. The average Bonchev–Trinajstić information content (AvgIpc) is 1.93. The molecule has 1 aromatic heterocycles. The monoisotopic (exact) mass is 265 g/mol.